The van der Waals surface area contributed by atoms with Gasteiger partial charge >= 0.3 is 0 Å². The van der Waals surface area contributed by atoms with E-state index in [4.69, 9.17) is 9.47 Å². The van der Waals surface area contributed by atoms with Gasteiger partial charge in [-0.05, 0) is 30.9 Å². The molecule has 1 aromatic carbocycles. The highest BCUT2D eigenvalue weighted by Crippen LogP contribution is 2.32. The van der Waals surface area contributed by atoms with E-state index in [1.165, 1.54) is 0 Å². The summed E-state index contributed by atoms with van der Waals surface area (Å²) in [4.78, 5) is 0. The average molecular weight is 253 g/mol. The van der Waals surface area contributed by atoms with Crippen LogP contribution in [0.2, 0.25) is 0 Å². The Labute approximate surface area is 109 Å². The van der Waals surface area contributed by atoms with E-state index in [-0.39, 0.29) is 12.5 Å². The molecule has 1 unspecified atom stereocenters. The van der Waals surface area contributed by atoms with Crippen molar-refractivity contribution in [3.63, 3.8) is 0 Å². The van der Waals surface area contributed by atoms with Crippen LogP contribution in [0.1, 0.15) is 18.9 Å². The van der Waals surface area contributed by atoms with Gasteiger partial charge in [0.25, 0.3) is 0 Å². The second-order valence-corrected chi connectivity index (χ2v) is 4.36. The zero-order chi connectivity index (χ0) is 13.5. The Hall–Kier alpha value is -1.42. The fourth-order valence-corrected chi connectivity index (χ4v) is 1.78. The van der Waals surface area contributed by atoms with Gasteiger partial charge in [0.2, 0.25) is 0 Å². The average Bonchev–Trinajstić information content (AvgIpc) is 2.40. The van der Waals surface area contributed by atoms with Gasteiger partial charge in [0, 0.05) is 19.2 Å². The third-order valence-corrected chi connectivity index (χ3v) is 3.13. The maximum atomic E-state index is 9.18. The minimum absolute atomic E-state index is 0.189. The second-order valence-electron chi connectivity index (χ2n) is 4.36. The molecule has 1 rings (SSSR count). The molecule has 0 spiro atoms. The molecule has 0 bridgehead atoms. The molecule has 1 atom stereocenters. The van der Waals surface area contributed by atoms with Crippen molar-refractivity contribution < 1.29 is 14.6 Å². The molecular weight excluding hydrogens is 230 g/mol. The molecule has 0 amide bonds. The van der Waals surface area contributed by atoms with Crippen LogP contribution in [-0.4, -0.2) is 32.5 Å². The fraction of sp³-hybridized carbons (Fsp3) is 0.571. The molecule has 0 aliphatic heterocycles. The Morgan fingerprint density at radius 1 is 1.22 bits per heavy atom. The van der Waals surface area contributed by atoms with Crippen LogP contribution in [0.25, 0.3) is 0 Å². The minimum Gasteiger partial charge on any atom is -0.496 e. The molecule has 0 aliphatic rings. The van der Waals surface area contributed by atoms with Crippen LogP contribution in [0.4, 0.5) is 5.69 Å². The number of hydrogen-bond acceptors (Lipinski definition) is 4. The van der Waals surface area contributed by atoms with E-state index in [1.807, 2.05) is 19.1 Å². The van der Waals surface area contributed by atoms with Gasteiger partial charge in [-0.1, -0.05) is 6.92 Å². The number of rotatable bonds is 7. The summed E-state index contributed by atoms with van der Waals surface area (Å²) in [5.41, 5.74) is 1.93. The molecule has 0 aliphatic carbocycles. The number of nitrogens with one attached hydrogen (secondary N) is 1. The lowest BCUT2D eigenvalue weighted by Gasteiger charge is -2.17. The number of aryl methyl sites for hydroxylation is 1. The fourth-order valence-electron chi connectivity index (χ4n) is 1.78. The van der Waals surface area contributed by atoms with Crippen molar-refractivity contribution in [1.29, 1.82) is 0 Å². The molecule has 0 saturated heterocycles. The Balaban J connectivity index is 2.85. The highest BCUT2D eigenvalue weighted by Gasteiger charge is 2.10. The first kappa shape index (κ1) is 14.6. The number of aliphatic hydroxyl groups excluding tert-OH is 1. The second kappa shape index (κ2) is 7.11. The Bertz CT molecular complexity index is 376. The lowest BCUT2D eigenvalue weighted by atomic mass is 10.1. The lowest BCUT2D eigenvalue weighted by molar-refractivity contribution is 0.230. The third-order valence-electron chi connectivity index (χ3n) is 3.13. The Morgan fingerprint density at radius 2 is 1.89 bits per heavy atom. The van der Waals surface area contributed by atoms with Crippen molar-refractivity contribution in [1.82, 2.24) is 0 Å². The molecule has 4 heteroatoms. The van der Waals surface area contributed by atoms with Crippen molar-refractivity contribution in [3.8, 4) is 11.5 Å². The molecule has 0 saturated carbocycles. The van der Waals surface area contributed by atoms with Gasteiger partial charge in [0.05, 0.1) is 19.9 Å². The molecule has 18 heavy (non-hydrogen) atoms. The van der Waals surface area contributed by atoms with Crippen LogP contribution < -0.4 is 14.8 Å². The summed E-state index contributed by atoms with van der Waals surface area (Å²) in [5, 5.41) is 12.5. The van der Waals surface area contributed by atoms with E-state index in [1.54, 1.807) is 14.2 Å². The summed E-state index contributed by atoms with van der Waals surface area (Å²) in [6.07, 6.45) is 0.939. The van der Waals surface area contributed by atoms with Crippen molar-refractivity contribution in [2.75, 3.05) is 32.7 Å². The normalized spacial score (nSPS) is 12.1. The molecule has 4 nitrogen and oxygen atoms in total. The van der Waals surface area contributed by atoms with E-state index in [0.29, 0.717) is 0 Å². The van der Waals surface area contributed by atoms with Gasteiger partial charge < -0.3 is 19.9 Å². The van der Waals surface area contributed by atoms with Gasteiger partial charge in [-0.3, -0.25) is 0 Å². The maximum Gasteiger partial charge on any atom is 0.142 e. The van der Waals surface area contributed by atoms with E-state index in [2.05, 4.69) is 12.2 Å². The minimum atomic E-state index is 0.189. The van der Waals surface area contributed by atoms with Crippen molar-refractivity contribution >= 4 is 5.69 Å². The molecule has 0 radical (unpaired) electrons. The Kier molecular flexibility index (Phi) is 5.78. The van der Waals surface area contributed by atoms with E-state index < -0.39 is 0 Å². The number of aliphatic hydroxyl groups is 1. The SMILES string of the molecule is CCC(CO)CNc1cc(OC)c(C)cc1OC. The maximum absolute atomic E-state index is 9.18. The number of methoxy groups -OCH3 is 2. The molecule has 0 aromatic heterocycles. The largest absolute Gasteiger partial charge is 0.496 e. The summed E-state index contributed by atoms with van der Waals surface area (Å²) < 4.78 is 10.6. The lowest BCUT2D eigenvalue weighted by Crippen LogP contribution is -2.17. The van der Waals surface area contributed by atoms with Crippen LogP contribution in [-0.2, 0) is 0 Å². The smallest absolute Gasteiger partial charge is 0.142 e. The van der Waals surface area contributed by atoms with Crippen LogP contribution >= 0.6 is 0 Å². The predicted octanol–water partition coefficient (Wildman–Crippen LogP) is 2.44. The van der Waals surface area contributed by atoms with Gasteiger partial charge in [-0.15, -0.1) is 0 Å². The quantitative estimate of drug-likeness (QED) is 0.783. The molecule has 102 valence electrons. The topological polar surface area (TPSA) is 50.7 Å². The predicted molar refractivity (Wildman–Crippen MR) is 73.6 cm³/mol. The first-order valence-corrected chi connectivity index (χ1v) is 6.23. The van der Waals surface area contributed by atoms with E-state index >= 15 is 0 Å². The van der Waals surface area contributed by atoms with Gasteiger partial charge in [0.15, 0.2) is 0 Å². The van der Waals surface area contributed by atoms with Gasteiger partial charge in [0.1, 0.15) is 11.5 Å². The van der Waals surface area contributed by atoms with Crippen LogP contribution in [0, 0.1) is 12.8 Å². The molecule has 2 N–H and O–H groups in total. The van der Waals surface area contributed by atoms with Crippen molar-refractivity contribution in [2.24, 2.45) is 5.92 Å². The summed E-state index contributed by atoms with van der Waals surface area (Å²) in [7, 11) is 3.30. The van der Waals surface area contributed by atoms with Gasteiger partial charge in [-0.25, -0.2) is 0 Å². The Morgan fingerprint density at radius 3 is 2.39 bits per heavy atom. The highest BCUT2D eigenvalue weighted by molar-refractivity contribution is 5.62. The molecule has 0 fully saturated rings. The van der Waals surface area contributed by atoms with E-state index in [0.717, 1.165) is 35.7 Å². The van der Waals surface area contributed by atoms with Gasteiger partial charge in [-0.2, -0.15) is 0 Å². The summed E-state index contributed by atoms with van der Waals surface area (Å²) >= 11 is 0. The highest BCUT2D eigenvalue weighted by atomic mass is 16.5. The number of hydrogen-bond donors (Lipinski definition) is 2. The number of ether oxygens (including phenoxy) is 2. The number of benzene rings is 1. The van der Waals surface area contributed by atoms with Crippen molar-refractivity contribution in [3.05, 3.63) is 17.7 Å². The third kappa shape index (κ3) is 3.53. The van der Waals surface area contributed by atoms with Crippen LogP contribution in [0.5, 0.6) is 11.5 Å². The summed E-state index contributed by atoms with van der Waals surface area (Å²) in [6.45, 7) is 4.95. The van der Waals surface area contributed by atoms with Crippen molar-refractivity contribution in [2.45, 2.75) is 20.3 Å². The van der Waals surface area contributed by atoms with Crippen LogP contribution in [0.15, 0.2) is 12.1 Å². The first-order valence-electron chi connectivity index (χ1n) is 6.23. The summed E-state index contributed by atoms with van der Waals surface area (Å²) in [5.74, 6) is 1.87. The summed E-state index contributed by atoms with van der Waals surface area (Å²) in [6, 6.07) is 3.87. The zero-order valence-electron chi connectivity index (χ0n) is 11.6. The first-order chi connectivity index (χ1) is 8.65. The zero-order valence-corrected chi connectivity index (χ0v) is 11.6. The van der Waals surface area contributed by atoms with E-state index in [9.17, 15) is 5.11 Å². The monoisotopic (exact) mass is 253 g/mol. The van der Waals surface area contributed by atoms with Crippen LogP contribution in [0.3, 0.4) is 0 Å². The molecule has 0 heterocycles. The standard InChI is InChI=1S/C14H23NO3/c1-5-11(9-16)8-15-12-7-13(17-3)10(2)6-14(12)18-4/h6-7,11,15-16H,5,8-9H2,1-4H3. The number of anilines is 1. The molecule has 1 aromatic rings. The molecular formula is C14H23NO3.